The molecule has 176 valence electrons. The molecule has 2 aromatic rings. The third kappa shape index (κ3) is 5.32. The molecule has 1 heterocycles. The normalized spacial score (nSPS) is 16.0. The van der Waals surface area contributed by atoms with Gasteiger partial charge in [-0.15, -0.1) is 0 Å². The largest absolute Gasteiger partial charge is 0.490 e. The number of amides is 2. The van der Waals surface area contributed by atoms with E-state index in [1.54, 1.807) is 44.2 Å². The Balaban J connectivity index is 1.96. The molecule has 2 aromatic carbocycles. The maximum absolute atomic E-state index is 13.2. The van der Waals surface area contributed by atoms with Crippen molar-refractivity contribution in [3.05, 3.63) is 75.3 Å². The van der Waals surface area contributed by atoms with Crippen molar-refractivity contribution in [2.45, 2.75) is 46.8 Å². The Bertz CT molecular complexity index is 1190. The number of rotatable bonds is 8. The Kier molecular flexibility index (Phi) is 8.14. The van der Waals surface area contributed by atoms with E-state index in [2.05, 4.69) is 0 Å². The molecule has 1 aliphatic rings. The van der Waals surface area contributed by atoms with Crippen LogP contribution in [-0.2, 0) is 16.2 Å². The van der Waals surface area contributed by atoms with E-state index in [1.807, 2.05) is 38.1 Å². The van der Waals surface area contributed by atoms with Crippen LogP contribution in [0.15, 0.2) is 59.2 Å². The number of nitriles is 1. The predicted octanol–water partition coefficient (Wildman–Crippen LogP) is 5.71. The van der Waals surface area contributed by atoms with Gasteiger partial charge in [-0.3, -0.25) is 14.5 Å². The summed E-state index contributed by atoms with van der Waals surface area (Å²) in [6, 6.07) is 14.4. The number of hydrogen-bond donors (Lipinski definition) is 0. The van der Waals surface area contributed by atoms with Gasteiger partial charge in [0.15, 0.2) is 11.5 Å². The van der Waals surface area contributed by atoms with E-state index < -0.39 is 11.8 Å². The molecule has 6 nitrogen and oxygen atoms in total. The SMILES string of the molecule is CCOc1cc(/C=C2/C(=O)N(C(C)CC)C(=O)C(C#N)=C2C)ccc1OCc1ccc(Cl)cc1. The van der Waals surface area contributed by atoms with Crippen LogP contribution in [0.2, 0.25) is 5.02 Å². The van der Waals surface area contributed by atoms with Crippen LogP contribution >= 0.6 is 11.6 Å². The van der Waals surface area contributed by atoms with E-state index in [1.165, 1.54) is 4.90 Å². The first-order chi connectivity index (χ1) is 16.3. The third-order valence-corrected chi connectivity index (χ3v) is 5.94. The van der Waals surface area contributed by atoms with E-state index in [0.29, 0.717) is 52.9 Å². The molecule has 0 fully saturated rings. The highest BCUT2D eigenvalue weighted by atomic mass is 35.5. The zero-order valence-corrected chi connectivity index (χ0v) is 20.5. The smallest absolute Gasteiger partial charge is 0.271 e. The fourth-order valence-corrected chi connectivity index (χ4v) is 3.72. The summed E-state index contributed by atoms with van der Waals surface area (Å²) in [5, 5.41) is 10.2. The second kappa shape index (κ2) is 11.0. The van der Waals surface area contributed by atoms with Crippen molar-refractivity contribution in [3.8, 4) is 17.6 Å². The summed E-state index contributed by atoms with van der Waals surface area (Å²) >= 11 is 5.94. The molecule has 3 rings (SSSR count). The van der Waals surface area contributed by atoms with Crippen LogP contribution in [0.3, 0.4) is 0 Å². The minimum atomic E-state index is -0.544. The summed E-state index contributed by atoms with van der Waals surface area (Å²) in [7, 11) is 0. The van der Waals surface area contributed by atoms with Crippen molar-refractivity contribution in [2.24, 2.45) is 0 Å². The fraction of sp³-hybridized carbons (Fsp3) is 0.296. The van der Waals surface area contributed by atoms with Gasteiger partial charge in [-0.25, -0.2) is 0 Å². The first-order valence-corrected chi connectivity index (χ1v) is 11.5. The van der Waals surface area contributed by atoms with Crippen LogP contribution in [-0.4, -0.2) is 29.4 Å². The molecule has 34 heavy (non-hydrogen) atoms. The van der Waals surface area contributed by atoms with Gasteiger partial charge in [0.25, 0.3) is 11.8 Å². The van der Waals surface area contributed by atoms with E-state index in [0.717, 1.165) is 5.56 Å². The first kappa shape index (κ1) is 25.1. The summed E-state index contributed by atoms with van der Waals surface area (Å²) in [5.74, 6) is 0.149. The summed E-state index contributed by atoms with van der Waals surface area (Å²) in [5.41, 5.74) is 2.33. The molecular weight excluding hydrogens is 452 g/mol. The van der Waals surface area contributed by atoms with Gasteiger partial charge in [0.1, 0.15) is 18.2 Å². The van der Waals surface area contributed by atoms with E-state index in [9.17, 15) is 14.9 Å². The highest BCUT2D eigenvalue weighted by molar-refractivity contribution is 6.30. The third-order valence-electron chi connectivity index (χ3n) is 5.69. The Labute approximate surface area is 205 Å². The van der Waals surface area contributed by atoms with Crippen LogP contribution in [0.1, 0.15) is 45.2 Å². The molecule has 7 heteroatoms. The van der Waals surface area contributed by atoms with Gasteiger partial charge in [-0.2, -0.15) is 5.26 Å². The number of carbonyl (C=O) groups is 2. The molecule has 0 spiro atoms. The van der Waals surface area contributed by atoms with Crippen molar-refractivity contribution in [1.29, 1.82) is 5.26 Å². The molecule has 0 bridgehead atoms. The highest BCUT2D eigenvalue weighted by Gasteiger charge is 2.37. The average Bonchev–Trinajstić information content (AvgIpc) is 2.82. The average molecular weight is 479 g/mol. The summed E-state index contributed by atoms with van der Waals surface area (Å²) < 4.78 is 11.7. The van der Waals surface area contributed by atoms with Gasteiger partial charge in [0.05, 0.1) is 6.61 Å². The number of hydrogen-bond acceptors (Lipinski definition) is 5. The lowest BCUT2D eigenvalue weighted by Gasteiger charge is -2.31. The number of carbonyl (C=O) groups excluding carboxylic acids is 2. The highest BCUT2D eigenvalue weighted by Crippen LogP contribution is 2.33. The summed E-state index contributed by atoms with van der Waals surface area (Å²) in [6.45, 7) is 7.97. The Morgan fingerprint density at radius 1 is 1.06 bits per heavy atom. The molecule has 0 aliphatic carbocycles. The zero-order valence-electron chi connectivity index (χ0n) is 19.7. The molecule has 1 unspecified atom stereocenters. The molecule has 0 aromatic heterocycles. The van der Waals surface area contributed by atoms with Gasteiger partial charge in [0.2, 0.25) is 0 Å². The number of halogens is 1. The Morgan fingerprint density at radius 3 is 2.38 bits per heavy atom. The second-order valence-corrected chi connectivity index (χ2v) is 8.40. The zero-order chi connectivity index (χ0) is 24.8. The second-order valence-electron chi connectivity index (χ2n) is 7.96. The molecule has 0 N–H and O–H groups in total. The number of ether oxygens (including phenoxy) is 2. The number of imide groups is 1. The molecule has 1 atom stereocenters. The van der Waals surface area contributed by atoms with Crippen LogP contribution in [0.4, 0.5) is 0 Å². The standard InChI is InChI=1S/C27H27ClN2O4/c1-5-17(3)30-26(31)22(18(4)23(15-29)27(30)32)13-20-9-12-24(25(14-20)33-6-2)34-16-19-7-10-21(28)11-8-19/h7-14,17H,5-6,16H2,1-4H3/b22-13+. The van der Waals surface area contributed by atoms with Gasteiger partial charge in [-0.1, -0.05) is 36.7 Å². The maximum Gasteiger partial charge on any atom is 0.271 e. The molecule has 2 amide bonds. The quantitative estimate of drug-likeness (QED) is 0.358. The number of nitrogens with zero attached hydrogens (tertiary/aromatic N) is 2. The van der Waals surface area contributed by atoms with E-state index >= 15 is 0 Å². The Hall–Kier alpha value is -3.56. The lowest BCUT2D eigenvalue weighted by atomic mass is 9.92. The molecule has 0 saturated heterocycles. The monoisotopic (exact) mass is 478 g/mol. The van der Waals surface area contributed by atoms with Crippen LogP contribution in [0.25, 0.3) is 6.08 Å². The van der Waals surface area contributed by atoms with E-state index in [-0.39, 0.29) is 11.6 Å². The first-order valence-electron chi connectivity index (χ1n) is 11.2. The fourth-order valence-electron chi connectivity index (χ4n) is 3.59. The molecule has 0 radical (unpaired) electrons. The summed E-state index contributed by atoms with van der Waals surface area (Å²) in [6.07, 6.45) is 2.28. The van der Waals surface area contributed by atoms with Gasteiger partial charge in [0, 0.05) is 16.6 Å². The lowest BCUT2D eigenvalue weighted by molar-refractivity contribution is -0.142. The lowest BCUT2D eigenvalue weighted by Crippen LogP contribution is -2.47. The molecule has 1 aliphatic heterocycles. The van der Waals surface area contributed by atoms with Crippen LogP contribution in [0.5, 0.6) is 11.5 Å². The number of benzene rings is 2. The predicted molar refractivity (Wildman–Crippen MR) is 131 cm³/mol. The van der Waals surface area contributed by atoms with E-state index in [4.69, 9.17) is 21.1 Å². The van der Waals surface area contributed by atoms with Crippen molar-refractivity contribution in [3.63, 3.8) is 0 Å². The van der Waals surface area contributed by atoms with Crippen molar-refractivity contribution in [2.75, 3.05) is 6.61 Å². The molecular formula is C27H27ClN2O4. The van der Waals surface area contributed by atoms with Crippen molar-refractivity contribution >= 4 is 29.5 Å². The van der Waals surface area contributed by atoms with Crippen LogP contribution in [0, 0.1) is 11.3 Å². The topological polar surface area (TPSA) is 79.6 Å². The van der Waals surface area contributed by atoms with Gasteiger partial charge in [-0.05, 0) is 74.2 Å². The van der Waals surface area contributed by atoms with Crippen molar-refractivity contribution in [1.82, 2.24) is 4.90 Å². The Morgan fingerprint density at radius 2 is 1.76 bits per heavy atom. The van der Waals surface area contributed by atoms with Crippen LogP contribution < -0.4 is 9.47 Å². The van der Waals surface area contributed by atoms with Crippen molar-refractivity contribution < 1.29 is 19.1 Å². The minimum absolute atomic E-state index is 0.0147. The molecule has 0 saturated carbocycles. The van der Waals surface area contributed by atoms with Gasteiger partial charge >= 0.3 is 0 Å². The van der Waals surface area contributed by atoms with Gasteiger partial charge < -0.3 is 9.47 Å². The minimum Gasteiger partial charge on any atom is -0.490 e. The maximum atomic E-state index is 13.2. The summed E-state index contributed by atoms with van der Waals surface area (Å²) in [4.78, 5) is 27.1.